The maximum atomic E-state index is 12.9. The van der Waals surface area contributed by atoms with Crippen molar-refractivity contribution >= 4 is 58.2 Å². The van der Waals surface area contributed by atoms with Crippen LogP contribution < -0.4 is 43.1 Å². The first-order valence-corrected chi connectivity index (χ1v) is 12.9. The molecule has 3 aromatic rings. The van der Waals surface area contributed by atoms with Crippen LogP contribution in [0.5, 0.6) is 0 Å². The number of anilines is 4. The molecule has 0 aromatic heterocycles. The van der Waals surface area contributed by atoms with Crippen LogP contribution in [0.1, 0.15) is 28.4 Å². The first kappa shape index (κ1) is 29.1. The van der Waals surface area contributed by atoms with Crippen LogP contribution in [0.25, 0.3) is 0 Å². The number of amidine groups is 1. The molecule has 42 heavy (non-hydrogen) atoms. The third-order valence-corrected chi connectivity index (χ3v) is 5.95. The fourth-order valence-electron chi connectivity index (χ4n) is 4.00. The minimum atomic E-state index is -0.615. The van der Waals surface area contributed by atoms with Gasteiger partial charge in [-0.15, -0.1) is 0 Å². The number of amides is 5. The maximum Gasteiger partial charge on any atom is 0.323 e. The highest BCUT2D eigenvalue weighted by atomic mass is 16.2. The van der Waals surface area contributed by atoms with Crippen LogP contribution in [-0.2, 0) is 0 Å². The van der Waals surface area contributed by atoms with Crippen LogP contribution in [0.4, 0.5) is 32.3 Å². The third kappa shape index (κ3) is 7.81. The van der Waals surface area contributed by atoms with E-state index < -0.39 is 18.0 Å². The Morgan fingerprint density at radius 3 is 2.24 bits per heavy atom. The first-order valence-electron chi connectivity index (χ1n) is 12.9. The van der Waals surface area contributed by atoms with Gasteiger partial charge in [0.25, 0.3) is 5.91 Å². The second-order valence-corrected chi connectivity index (χ2v) is 9.04. The lowest BCUT2D eigenvalue weighted by Gasteiger charge is -2.14. The van der Waals surface area contributed by atoms with E-state index in [0.29, 0.717) is 34.9 Å². The van der Waals surface area contributed by atoms with E-state index in [-0.39, 0.29) is 17.2 Å². The number of benzene rings is 3. The van der Waals surface area contributed by atoms with Crippen LogP contribution in [0.3, 0.4) is 0 Å². The van der Waals surface area contributed by atoms with Crippen molar-refractivity contribution in [2.24, 2.45) is 15.8 Å². The maximum absolute atomic E-state index is 12.9. The molecule has 1 aliphatic rings. The van der Waals surface area contributed by atoms with Crippen molar-refractivity contribution in [2.75, 3.05) is 41.4 Å². The summed E-state index contributed by atoms with van der Waals surface area (Å²) in [6, 6.07) is 17.6. The molecule has 216 valence electrons. The number of nitrogens with one attached hydrogen (secondary N) is 8. The van der Waals surface area contributed by atoms with Crippen molar-refractivity contribution in [3.05, 3.63) is 83.4 Å². The summed E-state index contributed by atoms with van der Waals surface area (Å²) in [4.78, 5) is 42.5. The summed E-state index contributed by atoms with van der Waals surface area (Å²) >= 11 is 0. The van der Waals surface area contributed by atoms with Crippen molar-refractivity contribution in [1.82, 2.24) is 16.1 Å². The second kappa shape index (κ2) is 13.4. The summed E-state index contributed by atoms with van der Waals surface area (Å²) in [6.45, 7) is 3.20. The zero-order valence-corrected chi connectivity index (χ0v) is 23.0. The number of carbonyl (C=O) groups is 3. The van der Waals surface area contributed by atoms with E-state index in [0.717, 1.165) is 17.9 Å². The lowest BCUT2D eigenvalue weighted by atomic mass is 10.1. The molecule has 0 saturated carbocycles. The number of hydrogen-bond acceptors (Lipinski definition) is 7. The van der Waals surface area contributed by atoms with E-state index in [4.69, 9.17) is 11.1 Å². The summed E-state index contributed by atoms with van der Waals surface area (Å²) in [5.41, 5.74) is 11.5. The Morgan fingerprint density at radius 1 is 0.905 bits per heavy atom. The minimum Gasteiger partial charge on any atom is -0.369 e. The van der Waals surface area contributed by atoms with Crippen LogP contribution in [0, 0.1) is 5.41 Å². The highest BCUT2D eigenvalue weighted by Crippen LogP contribution is 2.23. The molecule has 5 amide bonds. The van der Waals surface area contributed by atoms with Gasteiger partial charge in [0.1, 0.15) is 5.84 Å². The van der Waals surface area contributed by atoms with Gasteiger partial charge in [0, 0.05) is 36.2 Å². The molecule has 10 N–H and O–H groups in total. The largest absolute Gasteiger partial charge is 0.369 e. The Bertz CT molecular complexity index is 1580. The smallest absolute Gasteiger partial charge is 0.323 e. The van der Waals surface area contributed by atoms with E-state index in [2.05, 4.69) is 47.4 Å². The average molecular weight is 570 g/mol. The van der Waals surface area contributed by atoms with Crippen LogP contribution in [0.2, 0.25) is 0 Å². The number of nitrogens with two attached hydrogens (primary N) is 1. The third-order valence-electron chi connectivity index (χ3n) is 5.95. The van der Waals surface area contributed by atoms with Gasteiger partial charge in [0.2, 0.25) is 5.96 Å². The lowest BCUT2D eigenvalue weighted by Crippen LogP contribution is -2.26. The second-order valence-electron chi connectivity index (χ2n) is 9.04. The molecule has 14 heteroatoms. The lowest BCUT2D eigenvalue weighted by molar-refractivity contribution is 0.0964. The van der Waals surface area contributed by atoms with Gasteiger partial charge in [-0.25, -0.2) is 15.0 Å². The normalized spacial score (nSPS) is 12.3. The predicted molar refractivity (Wildman–Crippen MR) is 165 cm³/mol. The van der Waals surface area contributed by atoms with Gasteiger partial charge < -0.3 is 37.6 Å². The summed E-state index contributed by atoms with van der Waals surface area (Å²) in [6.07, 6.45) is 0. The standard InChI is InChI=1S/C28H31N11O3/c1-16(38-39-26(29)30)17-5-3-7-19(13-17)35-28(42)37-23-15-21(9-10-22(23)25(40)31-2)36-27(41)34-20-8-4-6-18(14-20)24-32-11-12-33-24/h3-10,13-15H,11-12H2,1-2H3,(H,31,40)(H,32,33)(H4,29,30,39)(H2,34,36,41)(H2,35,37,42)/b38-16-. The quantitative estimate of drug-likeness (QED) is 0.113. The Kier molecular flexibility index (Phi) is 9.30. The monoisotopic (exact) mass is 569 g/mol. The molecule has 4 rings (SSSR count). The highest BCUT2D eigenvalue weighted by molar-refractivity contribution is 6.09. The van der Waals surface area contributed by atoms with Crippen molar-refractivity contribution in [3.63, 3.8) is 0 Å². The molecule has 14 nitrogen and oxygen atoms in total. The van der Waals surface area contributed by atoms with E-state index in [9.17, 15) is 14.4 Å². The van der Waals surface area contributed by atoms with E-state index >= 15 is 0 Å². The zero-order valence-electron chi connectivity index (χ0n) is 23.0. The summed E-state index contributed by atoms with van der Waals surface area (Å²) in [7, 11) is 1.48. The number of carbonyl (C=O) groups excluding carboxylic acids is 3. The summed E-state index contributed by atoms with van der Waals surface area (Å²) in [5.74, 6) is 0.0526. The Hall–Kier alpha value is -5.92. The van der Waals surface area contributed by atoms with Gasteiger partial charge in [-0.05, 0) is 55.0 Å². The topological polar surface area (TPSA) is 210 Å². The molecule has 0 bridgehead atoms. The molecule has 0 spiro atoms. The fourth-order valence-corrected chi connectivity index (χ4v) is 4.00. The van der Waals surface area contributed by atoms with Gasteiger partial charge in [-0.3, -0.25) is 15.2 Å². The number of rotatable bonds is 8. The molecule has 0 radical (unpaired) electrons. The number of hydrazone groups is 1. The SMILES string of the molecule is CNC(=O)c1ccc(NC(=O)Nc2cccc(C3=NCCN3)c2)cc1NC(=O)Nc1cccc(/C(C)=N\NC(=N)N)c1. The van der Waals surface area contributed by atoms with E-state index in [1.807, 2.05) is 18.2 Å². The van der Waals surface area contributed by atoms with Gasteiger partial charge >= 0.3 is 12.1 Å². The van der Waals surface area contributed by atoms with Crippen molar-refractivity contribution in [3.8, 4) is 0 Å². The predicted octanol–water partition coefficient (Wildman–Crippen LogP) is 2.89. The molecule has 0 saturated heterocycles. The number of nitrogens with zero attached hydrogens (tertiary/aromatic N) is 2. The molecular weight excluding hydrogens is 538 g/mol. The zero-order chi connectivity index (χ0) is 30.1. The average Bonchev–Trinajstić information content (AvgIpc) is 3.51. The van der Waals surface area contributed by atoms with Crippen LogP contribution in [-0.4, -0.2) is 55.6 Å². The minimum absolute atomic E-state index is 0.177. The summed E-state index contributed by atoms with van der Waals surface area (Å²) < 4.78 is 0. The van der Waals surface area contributed by atoms with Crippen molar-refractivity contribution < 1.29 is 14.4 Å². The number of hydrogen-bond donors (Lipinski definition) is 9. The molecule has 3 aromatic carbocycles. The Labute approximate surface area is 241 Å². The van der Waals surface area contributed by atoms with Crippen molar-refractivity contribution in [2.45, 2.75) is 6.92 Å². The van der Waals surface area contributed by atoms with Crippen LogP contribution in [0.15, 0.2) is 76.8 Å². The molecule has 0 unspecified atom stereocenters. The Balaban J connectivity index is 1.46. The van der Waals surface area contributed by atoms with Gasteiger partial charge in [-0.2, -0.15) is 5.10 Å². The number of aliphatic imine (C=N–C) groups is 1. The van der Waals surface area contributed by atoms with Crippen molar-refractivity contribution in [1.29, 1.82) is 5.41 Å². The number of guanidine groups is 1. The van der Waals surface area contributed by atoms with Gasteiger partial charge in [0.15, 0.2) is 0 Å². The molecule has 0 fully saturated rings. The molecule has 1 heterocycles. The van der Waals surface area contributed by atoms with Crippen LogP contribution >= 0.6 is 0 Å². The highest BCUT2D eigenvalue weighted by Gasteiger charge is 2.15. The van der Waals surface area contributed by atoms with E-state index in [1.54, 1.807) is 43.3 Å². The fraction of sp³-hybridized carbons (Fsp3) is 0.143. The summed E-state index contributed by atoms with van der Waals surface area (Å²) in [5, 5.41) is 27.9. The molecule has 0 atom stereocenters. The first-order chi connectivity index (χ1) is 20.2. The number of urea groups is 2. The molecule has 1 aliphatic heterocycles. The van der Waals surface area contributed by atoms with E-state index in [1.165, 1.54) is 19.2 Å². The molecule has 0 aliphatic carbocycles. The van der Waals surface area contributed by atoms with Gasteiger partial charge in [-0.1, -0.05) is 24.3 Å². The Morgan fingerprint density at radius 2 is 1.57 bits per heavy atom. The van der Waals surface area contributed by atoms with Gasteiger partial charge in [0.05, 0.1) is 23.5 Å². The molecular formula is C28H31N11O3.